The highest BCUT2D eigenvalue weighted by atomic mass is 16.4. The quantitative estimate of drug-likeness (QED) is 0.844. The number of aliphatic carboxylic acids is 1. The number of hydrogen-bond acceptors (Lipinski definition) is 3. The smallest absolute Gasteiger partial charge is 0.331 e. The number of fused-ring (bicyclic) bond motifs is 1. The third-order valence-corrected chi connectivity index (χ3v) is 2.75. The molecule has 1 N–H and O–H groups in total. The molecule has 1 heterocycles. The van der Waals surface area contributed by atoms with Crippen LogP contribution in [0.15, 0.2) is 35.3 Å². The Labute approximate surface area is 97.3 Å². The van der Waals surface area contributed by atoms with Crippen LogP contribution >= 0.6 is 0 Å². The van der Waals surface area contributed by atoms with Gasteiger partial charge in [-0.1, -0.05) is 18.2 Å². The van der Waals surface area contributed by atoms with E-state index in [2.05, 4.69) is 5.10 Å². The second-order valence-electron chi connectivity index (χ2n) is 4.31. The first-order valence-corrected chi connectivity index (χ1v) is 5.15. The summed E-state index contributed by atoms with van der Waals surface area (Å²) < 4.78 is 0.998. The Hall–Kier alpha value is -2.17. The second kappa shape index (κ2) is 3.69. The summed E-state index contributed by atoms with van der Waals surface area (Å²) in [6.45, 7) is 2.89. The Morgan fingerprint density at radius 2 is 2.00 bits per heavy atom. The van der Waals surface area contributed by atoms with Crippen LogP contribution in [0.2, 0.25) is 0 Å². The maximum atomic E-state index is 12.1. The van der Waals surface area contributed by atoms with Crippen molar-refractivity contribution in [3.63, 3.8) is 0 Å². The van der Waals surface area contributed by atoms with E-state index >= 15 is 0 Å². The number of nitrogens with zero attached hydrogens (tertiary/aromatic N) is 2. The monoisotopic (exact) mass is 232 g/mol. The van der Waals surface area contributed by atoms with E-state index in [1.807, 2.05) is 0 Å². The molecular weight excluding hydrogens is 220 g/mol. The molecule has 17 heavy (non-hydrogen) atoms. The second-order valence-corrected chi connectivity index (χ2v) is 4.31. The van der Waals surface area contributed by atoms with Gasteiger partial charge < -0.3 is 5.11 Å². The minimum Gasteiger partial charge on any atom is -0.479 e. The minimum atomic E-state index is -1.36. The average molecular weight is 232 g/mol. The van der Waals surface area contributed by atoms with E-state index in [4.69, 9.17) is 5.11 Å². The van der Waals surface area contributed by atoms with Gasteiger partial charge in [0.1, 0.15) is 0 Å². The van der Waals surface area contributed by atoms with E-state index < -0.39 is 17.1 Å². The SMILES string of the molecule is CC(C)(C(=O)O)n1ncc2ccccc2c1=O. The van der Waals surface area contributed by atoms with Crippen LogP contribution in [0, 0.1) is 0 Å². The van der Waals surface area contributed by atoms with E-state index in [0.29, 0.717) is 10.8 Å². The molecule has 0 amide bonds. The number of aromatic nitrogens is 2. The molecular formula is C12H12N2O3. The van der Waals surface area contributed by atoms with Crippen molar-refractivity contribution in [3.05, 3.63) is 40.8 Å². The number of carboxylic acid groups (broad SMARTS) is 1. The summed E-state index contributed by atoms with van der Waals surface area (Å²) in [6, 6.07) is 6.97. The van der Waals surface area contributed by atoms with Crippen molar-refractivity contribution in [1.29, 1.82) is 0 Å². The molecule has 0 fully saturated rings. The van der Waals surface area contributed by atoms with Gasteiger partial charge in [-0.15, -0.1) is 0 Å². The van der Waals surface area contributed by atoms with Crippen LogP contribution in [0.5, 0.6) is 0 Å². The zero-order valence-electron chi connectivity index (χ0n) is 9.54. The van der Waals surface area contributed by atoms with Crippen LogP contribution in [0.25, 0.3) is 10.8 Å². The van der Waals surface area contributed by atoms with Crippen molar-refractivity contribution >= 4 is 16.7 Å². The van der Waals surface area contributed by atoms with Gasteiger partial charge in [0.25, 0.3) is 5.56 Å². The Morgan fingerprint density at radius 1 is 1.35 bits per heavy atom. The summed E-state index contributed by atoms with van der Waals surface area (Å²) in [5, 5.41) is 14.2. The van der Waals surface area contributed by atoms with E-state index in [9.17, 15) is 9.59 Å². The van der Waals surface area contributed by atoms with Gasteiger partial charge in [-0.25, -0.2) is 9.48 Å². The highest BCUT2D eigenvalue weighted by Crippen LogP contribution is 2.14. The largest absolute Gasteiger partial charge is 0.479 e. The lowest BCUT2D eigenvalue weighted by atomic mass is 10.1. The van der Waals surface area contributed by atoms with E-state index in [0.717, 1.165) is 4.68 Å². The van der Waals surface area contributed by atoms with Crippen LogP contribution in [-0.2, 0) is 10.3 Å². The fraction of sp³-hybridized carbons (Fsp3) is 0.250. The topological polar surface area (TPSA) is 72.2 Å². The first-order valence-electron chi connectivity index (χ1n) is 5.15. The first-order chi connectivity index (χ1) is 7.94. The highest BCUT2D eigenvalue weighted by Gasteiger charge is 2.31. The lowest BCUT2D eigenvalue weighted by Crippen LogP contribution is -2.44. The standard InChI is InChI=1S/C12H12N2O3/c1-12(2,11(16)17)14-10(15)9-6-4-3-5-8(9)7-13-14/h3-7H,1-2H3,(H,16,17). The molecule has 0 aliphatic rings. The lowest BCUT2D eigenvalue weighted by molar-refractivity contribution is -0.146. The molecule has 5 nitrogen and oxygen atoms in total. The molecule has 0 unspecified atom stereocenters. The van der Waals surface area contributed by atoms with Gasteiger partial charge in [-0.05, 0) is 19.9 Å². The van der Waals surface area contributed by atoms with Crippen LogP contribution in [-0.4, -0.2) is 20.9 Å². The fourth-order valence-electron chi connectivity index (χ4n) is 1.58. The van der Waals surface area contributed by atoms with Crippen molar-refractivity contribution in [1.82, 2.24) is 9.78 Å². The number of hydrogen-bond donors (Lipinski definition) is 1. The molecule has 88 valence electrons. The van der Waals surface area contributed by atoms with Crippen molar-refractivity contribution < 1.29 is 9.90 Å². The fourth-order valence-corrected chi connectivity index (χ4v) is 1.58. The number of benzene rings is 1. The van der Waals surface area contributed by atoms with E-state index in [1.165, 1.54) is 20.0 Å². The molecule has 0 spiro atoms. The summed E-state index contributed by atoms with van der Waals surface area (Å²) in [5.41, 5.74) is -1.75. The Kier molecular flexibility index (Phi) is 2.46. The van der Waals surface area contributed by atoms with Gasteiger partial charge in [-0.2, -0.15) is 5.10 Å². The van der Waals surface area contributed by atoms with Crippen LogP contribution in [0.4, 0.5) is 0 Å². The molecule has 1 aromatic carbocycles. The van der Waals surface area contributed by atoms with E-state index in [-0.39, 0.29) is 0 Å². The maximum absolute atomic E-state index is 12.1. The summed E-state index contributed by atoms with van der Waals surface area (Å²) >= 11 is 0. The van der Waals surface area contributed by atoms with Crippen LogP contribution < -0.4 is 5.56 Å². The van der Waals surface area contributed by atoms with Crippen molar-refractivity contribution in [2.75, 3.05) is 0 Å². The zero-order chi connectivity index (χ0) is 12.6. The van der Waals surface area contributed by atoms with Crippen molar-refractivity contribution in [3.8, 4) is 0 Å². The van der Waals surface area contributed by atoms with Gasteiger partial charge in [0, 0.05) is 5.39 Å². The van der Waals surface area contributed by atoms with Gasteiger partial charge in [0.2, 0.25) is 0 Å². The van der Waals surface area contributed by atoms with Gasteiger partial charge >= 0.3 is 5.97 Å². The molecule has 1 aromatic heterocycles. The molecule has 0 aliphatic carbocycles. The Balaban J connectivity index is 2.78. The average Bonchev–Trinajstić information content (AvgIpc) is 2.29. The molecule has 2 rings (SSSR count). The molecule has 2 aromatic rings. The predicted octanol–water partition coefficient (Wildman–Crippen LogP) is 1.22. The van der Waals surface area contributed by atoms with Gasteiger partial charge in [0.05, 0.1) is 11.6 Å². The number of rotatable bonds is 2. The summed E-state index contributed by atoms with van der Waals surface area (Å²) in [5.74, 6) is -1.10. The minimum absolute atomic E-state index is 0.393. The zero-order valence-corrected chi connectivity index (χ0v) is 9.54. The van der Waals surface area contributed by atoms with Crippen LogP contribution in [0.1, 0.15) is 13.8 Å². The molecule has 0 saturated heterocycles. The molecule has 0 aliphatic heterocycles. The van der Waals surface area contributed by atoms with Crippen LogP contribution in [0.3, 0.4) is 0 Å². The van der Waals surface area contributed by atoms with Gasteiger partial charge in [0.15, 0.2) is 5.54 Å². The highest BCUT2D eigenvalue weighted by molar-refractivity contribution is 5.81. The number of carboxylic acids is 1. The molecule has 0 atom stereocenters. The Morgan fingerprint density at radius 3 is 2.65 bits per heavy atom. The maximum Gasteiger partial charge on any atom is 0.331 e. The van der Waals surface area contributed by atoms with Crippen molar-refractivity contribution in [2.24, 2.45) is 0 Å². The third kappa shape index (κ3) is 1.69. The predicted molar refractivity (Wildman–Crippen MR) is 63.0 cm³/mol. The summed E-state index contributed by atoms with van der Waals surface area (Å²) in [6.07, 6.45) is 1.50. The van der Waals surface area contributed by atoms with Crippen molar-refractivity contribution in [2.45, 2.75) is 19.4 Å². The summed E-state index contributed by atoms with van der Waals surface area (Å²) in [4.78, 5) is 23.2. The Bertz CT molecular complexity index is 643. The molecule has 5 heteroatoms. The normalized spacial score (nSPS) is 11.6. The van der Waals surface area contributed by atoms with E-state index in [1.54, 1.807) is 24.3 Å². The van der Waals surface area contributed by atoms with Gasteiger partial charge in [-0.3, -0.25) is 4.79 Å². The first kappa shape index (κ1) is 11.3. The third-order valence-electron chi connectivity index (χ3n) is 2.75. The lowest BCUT2D eigenvalue weighted by Gasteiger charge is -2.20. The molecule has 0 radical (unpaired) electrons. The molecule has 0 saturated carbocycles. The number of carbonyl (C=O) groups is 1. The molecule has 0 bridgehead atoms. The summed E-state index contributed by atoms with van der Waals surface area (Å²) in [7, 11) is 0.